The van der Waals surface area contributed by atoms with E-state index in [1.165, 1.54) is 30.0 Å². The van der Waals surface area contributed by atoms with Crippen molar-refractivity contribution >= 4 is 29.3 Å². The summed E-state index contributed by atoms with van der Waals surface area (Å²) in [5.74, 6) is -3.51. The fourth-order valence-corrected chi connectivity index (χ4v) is 5.18. The Labute approximate surface area is 254 Å². The third-order valence-electron chi connectivity index (χ3n) is 7.23. The Balaban J connectivity index is 2.08. The van der Waals surface area contributed by atoms with Crippen LogP contribution < -0.4 is 5.32 Å². The zero-order chi connectivity index (χ0) is 32.7. The summed E-state index contributed by atoms with van der Waals surface area (Å²) < 4.78 is 64.2. The van der Waals surface area contributed by atoms with Crippen molar-refractivity contribution in [1.29, 1.82) is 0 Å². The molecule has 3 rings (SSSR count). The van der Waals surface area contributed by atoms with E-state index in [4.69, 9.17) is 9.47 Å². The largest absolute Gasteiger partial charge is 0.465 e. The molecule has 1 N–H and O–H groups in total. The molecule has 0 atom stereocenters. The Bertz CT molecular complexity index is 1320. The molecule has 2 aromatic rings. The van der Waals surface area contributed by atoms with Gasteiger partial charge in [-0.2, -0.15) is 0 Å². The average molecular weight is 623 g/mol. The van der Waals surface area contributed by atoms with Crippen LogP contribution in [0.3, 0.4) is 0 Å². The number of esters is 2. The van der Waals surface area contributed by atoms with E-state index in [0.717, 1.165) is 11.1 Å². The number of rotatable bonds is 14. The van der Waals surface area contributed by atoms with Crippen molar-refractivity contribution in [2.24, 2.45) is 0 Å². The molecule has 0 fully saturated rings. The number of ether oxygens (including phenoxy) is 2. The van der Waals surface area contributed by atoms with Gasteiger partial charge in [0, 0.05) is 31.6 Å². The molecule has 44 heavy (non-hydrogen) atoms. The highest BCUT2D eigenvalue weighted by Gasteiger charge is 2.43. The Morgan fingerprint density at radius 3 is 1.98 bits per heavy atom. The van der Waals surface area contributed by atoms with E-state index in [9.17, 15) is 36.7 Å². The highest BCUT2D eigenvalue weighted by molar-refractivity contribution is 6.44. The van der Waals surface area contributed by atoms with Crippen LogP contribution in [0.2, 0.25) is 0 Å². The van der Waals surface area contributed by atoms with Gasteiger partial charge in [-0.3, -0.25) is 19.2 Å². The number of benzene rings is 2. The number of carbonyl (C=O) groups is 4. The number of Topliss-reactive ketones (excluding diaryl/α,β-unsaturated/α-hetero) is 1. The zero-order valence-electron chi connectivity index (χ0n) is 25.3. The lowest BCUT2D eigenvalue weighted by Gasteiger charge is -2.33. The van der Waals surface area contributed by atoms with Crippen molar-refractivity contribution in [3.8, 4) is 0 Å². The van der Waals surface area contributed by atoms with Gasteiger partial charge in [0.25, 0.3) is 11.7 Å². The predicted molar refractivity (Wildman–Crippen MR) is 155 cm³/mol. The Kier molecular flexibility index (Phi) is 11.5. The van der Waals surface area contributed by atoms with E-state index in [0.29, 0.717) is 0 Å². The molecule has 0 aliphatic carbocycles. The summed E-state index contributed by atoms with van der Waals surface area (Å²) in [5.41, 5.74) is -1.26. The molecular formula is C32H38F4N2O6. The predicted octanol–water partition coefficient (Wildman–Crippen LogP) is 6.06. The number of carbonyl (C=O) groups excluding carboxylic acids is 4. The van der Waals surface area contributed by atoms with Gasteiger partial charge in [-0.05, 0) is 69.4 Å². The molecule has 1 heterocycles. The van der Waals surface area contributed by atoms with Crippen LogP contribution in [0.1, 0.15) is 80.4 Å². The number of hydrogen-bond donors (Lipinski definition) is 1. The second-order valence-electron chi connectivity index (χ2n) is 11.6. The van der Waals surface area contributed by atoms with Crippen LogP contribution >= 0.6 is 0 Å². The Morgan fingerprint density at radius 2 is 1.48 bits per heavy atom. The Hall–Kier alpha value is -3.96. The van der Waals surface area contributed by atoms with Crippen molar-refractivity contribution in [3.05, 3.63) is 64.7 Å². The molecule has 12 heteroatoms. The molecule has 0 saturated carbocycles. The molecule has 1 amide bonds. The van der Waals surface area contributed by atoms with E-state index >= 15 is 0 Å². The third kappa shape index (κ3) is 8.79. The van der Waals surface area contributed by atoms with Crippen LogP contribution in [0, 0.1) is 0 Å². The van der Waals surface area contributed by atoms with E-state index in [1.54, 1.807) is 20.8 Å². The zero-order valence-corrected chi connectivity index (χ0v) is 25.3. The molecule has 0 aromatic heterocycles. The van der Waals surface area contributed by atoms with Crippen molar-refractivity contribution in [1.82, 2.24) is 4.90 Å². The molecule has 0 unspecified atom stereocenters. The van der Waals surface area contributed by atoms with Gasteiger partial charge in [-0.15, -0.1) is 0 Å². The summed E-state index contributed by atoms with van der Waals surface area (Å²) in [6.45, 7) is 6.35. The first-order chi connectivity index (χ1) is 20.7. The monoisotopic (exact) mass is 622 g/mol. The van der Waals surface area contributed by atoms with Gasteiger partial charge < -0.3 is 19.7 Å². The first kappa shape index (κ1) is 34.5. The van der Waals surface area contributed by atoms with Crippen LogP contribution in [-0.2, 0) is 42.4 Å². The minimum absolute atomic E-state index is 0.0269. The molecule has 8 nitrogen and oxygen atoms in total. The Morgan fingerprint density at radius 1 is 0.909 bits per heavy atom. The van der Waals surface area contributed by atoms with Crippen molar-refractivity contribution in [2.75, 3.05) is 18.5 Å². The van der Waals surface area contributed by atoms with E-state index in [-0.39, 0.29) is 43.1 Å². The van der Waals surface area contributed by atoms with Gasteiger partial charge in [0.1, 0.15) is 12.1 Å². The van der Waals surface area contributed by atoms with Gasteiger partial charge in [0.05, 0.1) is 17.6 Å². The smallest absolute Gasteiger partial charge is 0.325 e. The number of halogens is 4. The number of ketones is 1. The van der Waals surface area contributed by atoms with E-state index < -0.39 is 73.2 Å². The first-order valence-corrected chi connectivity index (χ1v) is 14.4. The number of nitrogens with zero attached hydrogens (tertiary/aromatic N) is 1. The summed E-state index contributed by atoms with van der Waals surface area (Å²) in [5, 5.41) is 2.79. The maximum absolute atomic E-state index is 13.8. The molecule has 240 valence electrons. The summed E-state index contributed by atoms with van der Waals surface area (Å²) in [6, 6.07) is 11.1. The number of amides is 1. The standard InChI is InChI=1S/C32H38F4N2O6/c1-5-43-30(42)32(14-12-25(33)34,15-13-26(35)36)22-10-11-24(37-17-27(39)44-31(2,3)4)23(16-22)28(40)29(41)38-18-20-8-6-7-9-21(20)19-38/h6-11,16,25-26,37H,5,12-15,17-19H2,1-4H3. The summed E-state index contributed by atoms with van der Waals surface area (Å²) >= 11 is 0. The molecular weight excluding hydrogens is 584 g/mol. The van der Waals surface area contributed by atoms with Gasteiger partial charge >= 0.3 is 11.9 Å². The third-order valence-corrected chi connectivity index (χ3v) is 7.23. The maximum atomic E-state index is 13.8. The lowest BCUT2D eigenvalue weighted by Crippen LogP contribution is -2.39. The van der Waals surface area contributed by atoms with Crippen LogP contribution in [0.15, 0.2) is 42.5 Å². The van der Waals surface area contributed by atoms with Crippen LogP contribution in [0.5, 0.6) is 0 Å². The molecule has 2 aromatic carbocycles. The average Bonchev–Trinajstić information content (AvgIpc) is 3.39. The topological polar surface area (TPSA) is 102 Å². The van der Waals surface area contributed by atoms with Crippen LogP contribution in [0.4, 0.5) is 23.2 Å². The molecule has 1 aliphatic rings. The number of hydrogen-bond acceptors (Lipinski definition) is 7. The van der Waals surface area contributed by atoms with Gasteiger partial charge in [0.15, 0.2) is 0 Å². The molecule has 0 spiro atoms. The SMILES string of the molecule is CCOC(=O)C(CCC(F)F)(CCC(F)F)c1ccc(NCC(=O)OC(C)(C)C)c(C(=O)C(=O)N2Cc3ccccc3C2)c1. The second kappa shape index (κ2) is 14.7. The number of nitrogens with one attached hydrogen (secondary N) is 1. The number of alkyl halides is 4. The van der Waals surface area contributed by atoms with Crippen molar-refractivity contribution < 1.29 is 46.2 Å². The maximum Gasteiger partial charge on any atom is 0.325 e. The van der Waals surface area contributed by atoms with Crippen LogP contribution in [-0.4, -0.2) is 60.1 Å². The normalized spacial score (nSPS) is 13.2. The summed E-state index contributed by atoms with van der Waals surface area (Å²) in [7, 11) is 0. The van der Waals surface area contributed by atoms with Crippen LogP contribution in [0.25, 0.3) is 0 Å². The highest BCUT2D eigenvalue weighted by Crippen LogP contribution is 2.40. The molecule has 0 bridgehead atoms. The fourth-order valence-electron chi connectivity index (χ4n) is 5.18. The lowest BCUT2D eigenvalue weighted by atomic mass is 9.72. The number of fused-ring (bicyclic) bond motifs is 1. The fraction of sp³-hybridized carbons (Fsp3) is 0.500. The second-order valence-corrected chi connectivity index (χ2v) is 11.6. The summed E-state index contributed by atoms with van der Waals surface area (Å²) in [6.07, 6.45) is -8.35. The molecule has 1 aliphatic heterocycles. The first-order valence-electron chi connectivity index (χ1n) is 14.4. The van der Waals surface area contributed by atoms with Crippen molar-refractivity contribution in [3.63, 3.8) is 0 Å². The van der Waals surface area contributed by atoms with Gasteiger partial charge in [-0.25, -0.2) is 17.6 Å². The minimum Gasteiger partial charge on any atom is -0.465 e. The molecule has 0 saturated heterocycles. The highest BCUT2D eigenvalue weighted by atomic mass is 19.3. The van der Waals surface area contributed by atoms with Gasteiger partial charge in [-0.1, -0.05) is 30.3 Å². The minimum atomic E-state index is -2.84. The quantitative estimate of drug-likeness (QED) is 0.118. The van der Waals surface area contributed by atoms with Crippen molar-refractivity contribution in [2.45, 2.75) is 90.3 Å². The molecule has 0 radical (unpaired) electrons. The van der Waals surface area contributed by atoms with E-state index in [2.05, 4.69) is 5.32 Å². The van der Waals surface area contributed by atoms with E-state index in [1.807, 2.05) is 24.3 Å². The van der Waals surface area contributed by atoms with Gasteiger partial charge in [0.2, 0.25) is 12.9 Å². The summed E-state index contributed by atoms with van der Waals surface area (Å²) in [4.78, 5) is 54.3. The lowest BCUT2D eigenvalue weighted by molar-refractivity contribution is -0.153. The number of anilines is 1.